The zero-order valence-electron chi connectivity index (χ0n) is 17.3. The number of aromatic nitrogens is 2. The summed E-state index contributed by atoms with van der Waals surface area (Å²) in [4.78, 5) is 20.0. The highest BCUT2D eigenvalue weighted by molar-refractivity contribution is 6.06. The maximum absolute atomic E-state index is 13.3. The molecule has 1 amide bonds. The number of carbonyl (C=O) groups excluding carboxylic acids is 1. The smallest absolute Gasteiger partial charge is 0.259 e. The largest absolute Gasteiger partial charge is 0.463 e. The standard InChI is InChI=1S/C22H28N4O3/c1-15-19-16(13-17(18-9-8-12-28-18)24-21(19)29-25-15)20(27)23-14-22(26(2)3)10-6-4-5-7-11-22/h8-9,12-13H,4-7,10-11,14H2,1-3H3,(H,23,27). The van der Waals surface area contributed by atoms with Gasteiger partial charge in [0.1, 0.15) is 5.69 Å². The summed E-state index contributed by atoms with van der Waals surface area (Å²) in [6.45, 7) is 2.44. The number of nitrogens with one attached hydrogen (secondary N) is 1. The van der Waals surface area contributed by atoms with Crippen LogP contribution in [0.25, 0.3) is 22.6 Å². The van der Waals surface area contributed by atoms with Gasteiger partial charge in [-0.2, -0.15) is 0 Å². The van der Waals surface area contributed by atoms with Gasteiger partial charge in [-0.15, -0.1) is 0 Å². The molecule has 0 spiro atoms. The molecule has 154 valence electrons. The molecule has 4 rings (SSSR count). The van der Waals surface area contributed by atoms with Crippen molar-refractivity contribution >= 4 is 17.0 Å². The first-order chi connectivity index (χ1) is 14.0. The quantitative estimate of drug-likeness (QED) is 0.652. The van der Waals surface area contributed by atoms with E-state index < -0.39 is 0 Å². The molecule has 0 radical (unpaired) electrons. The Morgan fingerprint density at radius 3 is 2.66 bits per heavy atom. The van der Waals surface area contributed by atoms with Gasteiger partial charge in [0.05, 0.1) is 22.9 Å². The van der Waals surface area contributed by atoms with Crippen molar-refractivity contribution in [3.63, 3.8) is 0 Å². The van der Waals surface area contributed by atoms with Crippen molar-refractivity contribution in [2.45, 2.75) is 51.0 Å². The van der Waals surface area contributed by atoms with Crippen LogP contribution in [0.3, 0.4) is 0 Å². The van der Waals surface area contributed by atoms with Crippen LogP contribution >= 0.6 is 0 Å². The second-order valence-corrected chi connectivity index (χ2v) is 8.20. The number of aryl methyl sites for hydroxylation is 1. The van der Waals surface area contributed by atoms with E-state index in [0.29, 0.717) is 40.4 Å². The Morgan fingerprint density at radius 2 is 2.00 bits per heavy atom. The van der Waals surface area contributed by atoms with E-state index in [1.165, 1.54) is 25.7 Å². The molecule has 1 fully saturated rings. The number of likely N-dealkylation sites (N-methyl/N-ethyl adjacent to an activating group) is 1. The third-order valence-electron chi connectivity index (χ3n) is 6.20. The van der Waals surface area contributed by atoms with Gasteiger partial charge >= 0.3 is 0 Å². The van der Waals surface area contributed by atoms with Crippen LogP contribution in [-0.2, 0) is 0 Å². The van der Waals surface area contributed by atoms with E-state index >= 15 is 0 Å². The van der Waals surface area contributed by atoms with E-state index in [2.05, 4.69) is 34.5 Å². The lowest BCUT2D eigenvalue weighted by Crippen LogP contribution is -2.52. The molecule has 1 N–H and O–H groups in total. The predicted octanol–water partition coefficient (Wildman–Crippen LogP) is 4.18. The monoisotopic (exact) mass is 396 g/mol. The van der Waals surface area contributed by atoms with Gasteiger partial charge in [0, 0.05) is 12.1 Å². The molecule has 3 aromatic rings. The van der Waals surface area contributed by atoms with Gasteiger partial charge in [-0.1, -0.05) is 30.8 Å². The minimum atomic E-state index is -0.137. The Bertz CT molecular complexity index is 983. The summed E-state index contributed by atoms with van der Waals surface area (Å²) in [6, 6.07) is 5.36. The molecule has 1 aliphatic carbocycles. The number of fused-ring (bicyclic) bond motifs is 1. The molecule has 29 heavy (non-hydrogen) atoms. The second-order valence-electron chi connectivity index (χ2n) is 8.20. The number of pyridine rings is 1. The Hall–Kier alpha value is -2.67. The first kappa shape index (κ1) is 19.6. The van der Waals surface area contributed by atoms with Gasteiger partial charge in [0.2, 0.25) is 0 Å². The molecule has 0 aliphatic heterocycles. The first-order valence-electron chi connectivity index (χ1n) is 10.3. The SMILES string of the molecule is Cc1noc2nc(-c3ccco3)cc(C(=O)NCC3(N(C)C)CCCCCC3)c12. The molecule has 0 saturated heterocycles. The van der Waals surface area contributed by atoms with Gasteiger partial charge in [-0.3, -0.25) is 4.79 Å². The van der Waals surface area contributed by atoms with E-state index in [0.717, 1.165) is 12.8 Å². The Morgan fingerprint density at radius 1 is 1.24 bits per heavy atom. The van der Waals surface area contributed by atoms with E-state index in [9.17, 15) is 4.79 Å². The lowest BCUT2D eigenvalue weighted by molar-refractivity contribution is 0.0870. The number of nitrogens with zero attached hydrogens (tertiary/aromatic N) is 3. The maximum Gasteiger partial charge on any atom is 0.259 e. The minimum absolute atomic E-state index is 0.00810. The van der Waals surface area contributed by atoms with Crippen LogP contribution < -0.4 is 5.32 Å². The summed E-state index contributed by atoms with van der Waals surface area (Å²) >= 11 is 0. The lowest BCUT2D eigenvalue weighted by Gasteiger charge is -2.39. The number of rotatable bonds is 5. The summed E-state index contributed by atoms with van der Waals surface area (Å²) in [5, 5.41) is 7.85. The van der Waals surface area contributed by atoms with Gasteiger partial charge in [0.15, 0.2) is 5.76 Å². The fourth-order valence-corrected chi connectivity index (χ4v) is 4.33. The summed E-state index contributed by atoms with van der Waals surface area (Å²) in [5.74, 6) is 0.450. The normalized spacial score (nSPS) is 16.8. The summed E-state index contributed by atoms with van der Waals surface area (Å²) in [6.07, 6.45) is 8.69. The van der Waals surface area contributed by atoms with E-state index in [-0.39, 0.29) is 11.4 Å². The van der Waals surface area contributed by atoms with E-state index in [4.69, 9.17) is 8.94 Å². The highest BCUT2D eigenvalue weighted by atomic mass is 16.5. The van der Waals surface area contributed by atoms with Crippen molar-refractivity contribution in [2.75, 3.05) is 20.6 Å². The van der Waals surface area contributed by atoms with Crippen molar-refractivity contribution in [3.8, 4) is 11.5 Å². The zero-order chi connectivity index (χ0) is 20.4. The lowest BCUT2D eigenvalue weighted by atomic mass is 9.88. The van der Waals surface area contributed by atoms with Crippen molar-refractivity contribution in [1.82, 2.24) is 20.4 Å². The molecule has 3 heterocycles. The zero-order valence-corrected chi connectivity index (χ0v) is 17.3. The average Bonchev–Trinajstić information content (AvgIpc) is 3.30. The molecule has 1 saturated carbocycles. The molecule has 0 atom stereocenters. The van der Waals surface area contributed by atoms with Crippen molar-refractivity contribution in [1.29, 1.82) is 0 Å². The van der Waals surface area contributed by atoms with Crippen molar-refractivity contribution < 1.29 is 13.7 Å². The minimum Gasteiger partial charge on any atom is -0.463 e. The third kappa shape index (κ3) is 3.79. The third-order valence-corrected chi connectivity index (χ3v) is 6.20. The van der Waals surface area contributed by atoms with Crippen LogP contribution in [0.15, 0.2) is 33.4 Å². The predicted molar refractivity (Wildman–Crippen MR) is 111 cm³/mol. The van der Waals surface area contributed by atoms with Gasteiger partial charge in [-0.05, 0) is 52.1 Å². The van der Waals surface area contributed by atoms with Gasteiger partial charge in [0.25, 0.3) is 11.6 Å². The van der Waals surface area contributed by atoms with Crippen LogP contribution in [0.5, 0.6) is 0 Å². The number of amides is 1. The highest BCUT2D eigenvalue weighted by Crippen LogP contribution is 2.31. The molecular formula is C22H28N4O3. The first-order valence-corrected chi connectivity index (χ1v) is 10.3. The molecule has 7 nitrogen and oxygen atoms in total. The molecule has 7 heteroatoms. The summed E-state index contributed by atoms with van der Waals surface area (Å²) in [7, 11) is 4.22. The van der Waals surface area contributed by atoms with Crippen LogP contribution in [-0.4, -0.2) is 47.1 Å². The number of hydrogen-bond donors (Lipinski definition) is 1. The topological polar surface area (TPSA) is 84.4 Å². The molecule has 0 unspecified atom stereocenters. The van der Waals surface area contributed by atoms with Crippen LogP contribution in [0.2, 0.25) is 0 Å². The van der Waals surface area contributed by atoms with Gasteiger partial charge < -0.3 is 19.2 Å². The average molecular weight is 396 g/mol. The number of furan rings is 1. The van der Waals surface area contributed by atoms with Crippen LogP contribution in [0.4, 0.5) is 0 Å². The highest BCUT2D eigenvalue weighted by Gasteiger charge is 2.34. The number of hydrogen-bond acceptors (Lipinski definition) is 6. The summed E-state index contributed by atoms with van der Waals surface area (Å²) in [5.41, 5.74) is 2.06. The molecule has 1 aliphatic rings. The molecule has 0 bridgehead atoms. The number of carbonyl (C=O) groups is 1. The fourth-order valence-electron chi connectivity index (χ4n) is 4.33. The van der Waals surface area contributed by atoms with Crippen LogP contribution in [0.1, 0.15) is 54.6 Å². The molecule has 3 aromatic heterocycles. The van der Waals surface area contributed by atoms with E-state index in [1.807, 2.05) is 13.0 Å². The second kappa shape index (κ2) is 7.99. The van der Waals surface area contributed by atoms with Gasteiger partial charge in [-0.25, -0.2) is 4.98 Å². The molecule has 0 aromatic carbocycles. The Kier molecular flexibility index (Phi) is 5.41. The maximum atomic E-state index is 13.3. The van der Waals surface area contributed by atoms with E-state index in [1.54, 1.807) is 18.4 Å². The Labute approximate surface area is 170 Å². The molecular weight excluding hydrogens is 368 g/mol. The van der Waals surface area contributed by atoms with Crippen molar-refractivity contribution in [3.05, 3.63) is 35.7 Å². The van der Waals surface area contributed by atoms with Crippen molar-refractivity contribution in [2.24, 2.45) is 0 Å². The Balaban J connectivity index is 1.65. The fraction of sp³-hybridized carbons (Fsp3) is 0.500. The van der Waals surface area contributed by atoms with Crippen LogP contribution in [0, 0.1) is 6.92 Å². The summed E-state index contributed by atoms with van der Waals surface area (Å²) < 4.78 is 10.8.